The standard InChI is InChI=1S/C31H59NO7/c1-6-8-10-11-12-13-14-15-16-17-18-19-20-22-30(34)39-27(26-38-29(33)21-9-7-2)25-37-24-23-28(31(35)36)32(3,4)5/h27-28H,6-26H2,1-5H3. The summed E-state index contributed by atoms with van der Waals surface area (Å²) < 4.78 is 16.7. The predicted octanol–water partition coefficient (Wildman–Crippen LogP) is 5.34. The molecule has 0 aromatic carbocycles. The fourth-order valence-corrected chi connectivity index (χ4v) is 4.46. The van der Waals surface area contributed by atoms with Crippen LogP contribution in [0.4, 0.5) is 0 Å². The first-order valence-electron chi connectivity index (χ1n) is 15.6. The lowest BCUT2D eigenvalue weighted by Crippen LogP contribution is -2.55. The van der Waals surface area contributed by atoms with E-state index < -0.39 is 18.1 Å². The third kappa shape index (κ3) is 22.8. The van der Waals surface area contributed by atoms with Crippen molar-refractivity contribution in [1.82, 2.24) is 0 Å². The second-order valence-corrected chi connectivity index (χ2v) is 11.7. The molecule has 39 heavy (non-hydrogen) atoms. The lowest BCUT2D eigenvalue weighted by Gasteiger charge is -2.34. The maximum atomic E-state index is 12.4. The number of ether oxygens (including phenoxy) is 3. The Labute approximate surface area is 238 Å². The highest BCUT2D eigenvalue weighted by molar-refractivity contribution is 5.70. The van der Waals surface area contributed by atoms with Gasteiger partial charge in [-0.05, 0) is 12.8 Å². The number of aliphatic carboxylic acids is 1. The van der Waals surface area contributed by atoms with Gasteiger partial charge in [-0.15, -0.1) is 0 Å². The topological polar surface area (TPSA) is 102 Å². The summed E-state index contributed by atoms with van der Waals surface area (Å²) in [5.74, 6) is -1.77. The van der Waals surface area contributed by atoms with E-state index in [1.165, 1.54) is 64.2 Å². The average molecular weight is 558 g/mol. The van der Waals surface area contributed by atoms with E-state index in [9.17, 15) is 19.5 Å². The van der Waals surface area contributed by atoms with Crippen LogP contribution in [0.3, 0.4) is 0 Å². The number of carboxylic acids is 1. The molecule has 0 amide bonds. The SMILES string of the molecule is CCCCCCCCCCCCCCCC(=O)OC(COCCC(C(=O)[O-])[N+](C)(C)C)COC(=O)CCCC. The van der Waals surface area contributed by atoms with Gasteiger partial charge >= 0.3 is 11.9 Å². The van der Waals surface area contributed by atoms with Gasteiger partial charge in [0.25, 0.3) is 0 Å². The number of nitrogens with zero attached hydrogens (tertiary/aromatic N) is 1. The van der Waals surface area contributed by atoms with E-state index in [1.807, 2.05) is 6.92 Å². The number of unbranched alkanes of at least 4 members (excludes halogenated alkanes) is 13. The van der Waals surface area contributed by atoms with Gasteiger partial charge in [0.05, 0.1) is 40.3 Å². The molecule has 230 valence electrons. The van der Waals surface area contributed by atoms with Gasteiger partial charge in [0.2, 0.25) is 0 Å². The first-order valence-corrected chi connectivity index (χ1v) is 15.6. The van der Waals surface area contributed by atoms with Gasteiger partial charge in [-0.25, -0.2) is 0 Å². The van der Waals surface area contributed by atoms with E-state index in [4.69, 9.17) is 14.2 Å². The number of hydrogen-bond acceptors (Lipinski definition) is 7. The number of carboxylic acid groups (broad SMARTS) is 1. The van der Waals surface area contributed by atoms with Crippen LogP contribution < -0.4 is 5.11 Å². The third-order valence-corrected chi connectivity index (χ3v) is 6.99. The Kier molecular flexibility index (Phi) is 23.1. The van der Waals surface area contributed by atoms with Gasteiger partial charge in [0, 0.05) is 19.3 Å². The van der Waals surface area contributed by atoms with Crippen LogP contribution >= 0.6 is 0 Å². The van der Waals surface area contributed by atoms with Crippen LogP contribution in [0, 0.1) is 0 Å². The molecule has 0 aromatic heterocycles. The second-order valence-electron chi connectivity index (χ2n) is 11.7. The van der Waals surface area contributed by atoms with Crippen molar-refractivity contribution in [3.8, 4) is 0 Å². The van der Waals surface area contributed by atoms with Crippen LogP contribution in [0.25, 0.3) is 0 Å². The van der Waals surface area contributed by atoms with Crippen LogP contribution in [-0.2, 0) is 28.6 Å². The summed E-state index contributed by atoms with van der Waals surface area (Å²) in [4.78, 5) is 35.8. The van der Waals surface area contributed by atoms with Crippen LogP contribution in [0.1, 0.15) is 129 Å². The molecule has 8 heteroatoms. The maximum Gasteiger partial charge on any atom is 0.306 e. The molecule has 0 saturated heterocycles. The maximum absolute atomic E-state index is 12.4. The highest BCUT2D eigenvalue weighted by Crippen LogP contribution is 2.14. The third-order valence-electron chi connectivity index (χ3n) is 6.99. The Balaban J connectivity index is 4.26. The number of esters is 2. The summed E-state index contributed by atoms with van der Waals surface area (Å²) in [6.07, 6.45) is 17.9. The Morgan fingerprint density at radius 1 is 0.667 bits per heavy atom. The Morgan fingerprint density at radius 2 is 1.15 bits per heavy atom. The van der Waals surface area contributed by atoms with Gasteiger partial charge < -0.3 is 28.6 Å². The summed E-state index contributed by atoms with van der Waals surface area (Å²) in [6.45, 7) is 4.40. The first-order chi connectivity index (χ1) is 18.6. The zero-order valence-electron chi connectivity index (χ0n) is 25.8. The van der Waals surface area contributed by atoms with Crippen LogP contribution in [0.2, 0.25) is 0 Å². The molecule has 0 spiro atoms. The Hall–Kier alpha value is -1.67. The van der Waals surface area contributed by atoms with Crippen molar-refractivity contribution < 1.29 is 38.2 Å². The van der Waals surface area contributed by atoms with E-state index in [1.54, 1.807) is 21.1 Å². The number of likely N-dealkylation sites (N-methyl/N-ethyl adjacent to an activating group) is 1. The number of quaternary nitrogens is 1. The fourth-order valence-electron chi connectivity index (χ4n) is 4.46. The molecule has 0 N–H and O–H groups in total. The van der Waals surface area contributed by atoms with E-state index in [2.05, 4.69) is 6.92 Å². The van der Waals surface area contributed by atoms with Crippen LogP contribution in [0.15, 0.2) is 0 Å². The number of carbonyl (C=O) groups excluding carboxylic acids is 3. The zero-order valence-corrected chi connectivity index (χ0v) is 25.8. The summed E-state index contributed by atoms with van der Waals surface area (Å²) >= 11 is 0. The molecule has 0 saturated carbocycles. The van der Waals surface area contributed by atoms with Gasteiger partial charge in [-0.3, -0.25) is 9.59 Å². The van der Waals surface area contributed by atoms with Crippen molar-refractivity contribution in [3.05, 3.63) is 0 Å². The smallest absolute Gasteiger partial charge is 0.306 e. The Morgan fingerprint density at radius 3 is 1.64 bits per heavy atom. The molecular weight excluding hydrogens is 498 g/mol. The molecular formula is C31H59NO7. The minimum atomic E-state index is -1.13. The van der Waals surface area contributed by atoms with Gasteiger partial charge in [-0.2, -0.15) is 0 Å². The minimum absolute atomic E-state index is 0.0440. The zero-order chi connectivity index (χ0) is 29.4. The van der Waals surface area contributed by atoms with E-state index in [-0.39, 0.29) is 42.7 Å². The normalized spacial score (nSPS) is 13.2. The van der Waals surface area contributed by atoms with E-state index in [0.29, 0.717) is 12.8 Å². The van der Waals surface area contributed by atoms with Crippen molar-refractivity contribution in [3.63, 3.8) is 0 Å². The quantitative estimate of drug-likeness (QED) is 0.0763. The van der Waals surface area contributed by atoms with Crippen LogP contribution in [0.5, 0.6) is 0 Å². The Bertz CT molecular complexity index is 633. The van der Waals surface area contributed by atoms with Crippen molar-refractivity contribution in [2.24, 2.45) is 0 Å². The van der Waals surface area contributed by atoms with Crippen molar-refractivity contribution in [2.75, 3.05) is 41.0 Å². The largest absolute Gasteiger partial charge is 0.544 e. The van der Waals surface area contributed by atoms with E-state index >= 15 is 0 Å². The average Bonchev–Trinajstić information content (AvgIpc) is 2.87. The van der Waals surface area contributed by atoms with Gasteiger partial charge in [0.1, 0.15) is 12.6 Å². The molecule has 0 aromatic rings. The fraction of sp³-hybridized carbons (Fsp3) is 0.903. The number of rotatable bonds is 27. The van der Waals surface area contributed by atoms with Gasteiger partial charge in [0.15, 0.2) is 6.10 Å². The molecule has 0 fully saturated rings. The summed E-state index contributed by atoms with van der Waals surface area (Å²) in [7, 11) is 5.37. The lowest BCUT2D eigenvalue weighted by atomic mass is 10.0. The molecule has 0 heterocycles. The molecule has 0 aliphatic carbocycles. The summed E-state index contributed by atoms with van der Waals surface area (Å²) in [5, 5.41) is 11.4. The molecule has 0 aliphatic rings. The van der Waals surface area contributed by atoms with Crippen molar-refractivity contribution in [2.45, 2.75) is 142 Å². The number of carbonyl (C=O) groups is 3. The highest BCUT2D eigenvalue weighted by Gasteiger charge is 2.25. The van der Waals surface area contributed by atoms with Crippen molar-refractivity contribution >= 4 is 17.9 Å². The highest BCUT2D eigenvalue weighted by atomic mass is 16.6. The predicted molar refractivity (Wildman–Crippen MR) is 153 cm³/mol. The van der Waals surface area contributed by atoms with E-state index in [0.717, 1.165) is 32.1 Å². The van der Waals surface area contributed by atoms with Crippen molar-refractivity contribution in [1.29, 1.82) is 0 Å². The first kappa shape index (κ1) is 37.3. The van der Waals surface area contributed by atoms with Crippen LogP contribution in [-0.4, -0.2) is 75.5 Å². The molecule has 2 atom stereocenters. The summed E-state index contributed by atoms with van der Waals surface area (Å²) in [5.41, 5.74) is 0. The molecule has 8 nitrogen and oxygen atoms in total. The monoisotopic (exact) mass is 557 g/mol. The van der Waals surface area contributed by atoms with Gasteiger partial charge in [-0.1, -0.05) is 97.3 Å². The molecule has 0 radical (unpaired) electrons. The number of hydrogen-bond donors (Lipinski definition) is 0. The molecule has 0 bridgehead atoms. The summed E-state index contributed by atoms with van der Waals surface area (Å²) in [6, 6.07) is -0.714. The second kappa shape index (κ2) is 24.2. The molecule has 0 aliphatic heterocycles. The molecule has 0 rings (SSSR count). The lowest BCUT2D eigenvalue weighted by molar-refractivity contribution is -0.889. The molecule has 2 unspecified atom stereocenters. The minimum Gasteiger partial charge on any atom is -0.544 e.